The predicted molar refractivity (Wildman–Crippen MR) is 172 cm³/mol. The zero-order valence-corrected chi connectivity index (χ0v) is 26.4. The Bertz CT molecular complexity index is 1880. The van der Waals surface area contributed by atoms with Crippen molar-refractivity contribution in [2.75, 3.05) is 23.0 Å². The SMILES string of the molecule is CC[C@@H](C)C(=O)N[C@H]1CN(C(=O)c2ccc(C(C)=O)cc2)c2ccccc2N(Cc2c(OCC(F)(F)F)c[n+]([O-])c3ccccc23)C1=O. The fourth-order valence-corrected chi connectivity index (χ4v) is 5.46. The molecule has 0 saturated heterocycles. The largest absolute Gasteiger partial charge is 0.618 e. The van der Waals surface area contributed by atoms with Crippen LogP contribution in [-0.4, -0.2) is 48.9 Å². The first-order valence-electron chi connectivity index (χ1n) is 15.3. The molecule has 0 fully saturated rings. The van der Waals surface area contributed by atoms with Gasteiger partial charge in [-0.15, -0.1) is 0 Å². The van der Waals surface area contributed by atoms with Crippen LogP contribution in [0.15, 0.2) is 79.0 Å². The van der Waals surface area contributed by atoms with Gasteiger partial charge in [0.2, 0.25) is 17.6 Å². The van der Waals surface area contributed by atoms with Gasteiger partial charge in [0.15, 0.2) is 18.1 Å². The fraction of sp³-hybridized carbons (Fsp3) is 0.286. The molecule has 0 saturated carbocycles. The quantitative estimate of drug-likeness (QED) is 0.147. The predicted octanol–water partition coefficient (Wildman–Crippen LogP) is 5.34. The van der Waals surface area contributed by atoms with Crippen molar-refractivity contribution in [1.29, 1.82) is 0 Å². The number of benzene rings is 3. The molecule has 0 unspecified atom stereocenters. The first-order valence-corrected chi connectivity index (χ1v) is 15.3. The summed E-state index contributed by atoms with van der Waals surface area (Å²) in [5, 5.41) is 15.9. The summed E-state index contributed by atoms with van der Waals surface area (Å²) in [6.07, 6.45) is -3.34. The van der Waals surface area contributed by atoms with Crippen molar-refractivity contribution < 1.29 is 41.8 Å². The summed E-state index contributed by atoms with van der Waals surface area (Å²) >= 11 is 0. The minimum atomic E-state index is -4.71. The van der Waals surface area contributed by atoms with Crippen LogP contribution in [0.4, 0.5) is 24.5 Å². The van der Waals surface area contributed by atoms with Gasteiger partial charge in [-0.25, -0.2) is 0 Å². The van der Waals surface area contributed by atoms with Crippen molar-refractivity contribution in [2.24, 2.45) is 5.92 Å². The molecule has 0 radical (unpaired) electrons. The highest BCUT2D eigenvalue weighted by Gasteiger charge is 2.39. The number of carbonyl (C=O) groups is 4. The van der Waals surface area contributed by atoms with Gasteiger partial charge in [-0.1, -0.05) is 50.2 Å². The van der Waals surface area contributed by atoms with Crippen LogP contribution in [0.5, 0.6) is 5.75 Å². The Morgan fingerprint density at radius 1 is 1.00 bits per heavy atom. The van der Waals surface area contributed by atoms with Gasteiger partial charge in [-0.3, -0.25) is 19.2 Å². The average molecular weight is 663 g/mol. The van der Waals surface area contributed by atoms with Crippen molar-refractivity contribution in [3.8, 4) is 5.75 Å². The molecule has 2 heterocycles. The smallest absolute Gasteiger partial charge is 0.422 e. The zero-order valence-electron chi connectivity index (χ0n) is 26.4. The number of hydrogen-bond donors (Lipinski definition) is 1. The minimum absolute atomic E-state index is 0.122. The molecule has 48 heavy (non-hydrogen) atoms. The fourth-order valence-electron chi connectivity index (χ4n) is 5.46. The standard InChI is InChI=1S/C35H33F3N4O6/c1-4-21(2)32(44)39-27-18-41(33(45)24-15-13-23(14-16-24)22(3)43)30-12-8-7-11-29(30)40(34(27)46)17-26-25-9-5-6-10-28(25)42(47)19-31(26)48-20-35(36,37)38/h5-16,19,21,27H,4,17-18,20H2,1-3H3,(H,39,44)/t21-,27+/m1/s1. The van der Waals surface area contributed by atoms with Gasteiger partial charge in [-0.2, -0.15) is 17.9 Å². The van der Waals surface area contributed by atoms with Crippen LogP contribution in [0.2, 0.25) is 0 Å². The number of hydrogen-bond acceptors (Lipinski definition) is 6. The second kappa shape index (κ2) is 13.7. The molecule has 1 N–H and O–H groups in total. The second-order valence-electron chi connectivity index (χ2n) is 11.6. The zero-order chi connectivity index (χ0) is 34.7. The van der Waals surface area contributed by atoms with Gasteiger partial charge in [0, 0.05) is 28.7 Å². The van der Waals surface area contributed by atoms with Crippen LogP contribution in [0.25, 0.3) is 10.9 Å². The van der Waals surface area contributed by atoms with E-state index in [-0.39, 0.29) is 52.3 Å². The number of ketones is 1. The van der Waals surface area contributed by atoms with E-state index < -0.39 is 42.5 Å². The summed E-state index contributed by atoms with van der Waals surface area (Å²) in [5.74, 6) is -2.60. The Morgan fingerprint density at radius 2 is 1.62 bits per heavy atom. The molecule has 3 amide bonds. The number of ether oxygens (including phenoxy) is 1. The molecule has 1 aliphatic heterocycles. The highest BCUT2D eigenvalue weighted by Crippen LogP contribution is 2.37. The Labute approximate surface area is 274 Å². The van der Waals surface area contributed by atoms with E-state index in [0.29, 0.717) is 22.4 Å². The van der Waals surface area contributed by atoms with Crippen LogP contribution >= 0.6 is 0 Å². The number of nitrogens with one attached hydrogen (secondary N) is 1. The number of carbonyl (C=O) groups excluding carboxylic acids is 4. The Morgan fingerprint density at radius 3 is 2.27 bits per heavy atom. The van der Waals surface area contributed by atoms with Gasteiger partial charge >= 0.3 is 6.18 Å². The van der Waals surface area contributed by atoms with Crippen LogP contribution in [0.1, 0.15) is 53.5 Å². The van der Waals surface area contributed by atoms with E-state index in [4.69, 9.17) is 4.74 Å². The molecule has 5 rings (SSSR count). The number of fused-ring (bicyclic) bond motifs is 2. The van der Waals surface area contributed by atoms with Crippen LogP contribution < -0.4 is 24.6 Å². The van der Waals surface area contributed by atoms with Gasteiger partial charge in [0.05, 0.1) is 29.9 Å². The molecule has 10 nitrogen and oxygen atoms in total. The topological polar surface area (TPSA) is 123 Å². The molecule has 0 spiro atoms. The maximum atomic E-state index is 14.5. The van der Waals surface area contributed by atoms with Gasteiger partial charge in [0.1, 0.15) is 6.04 Å². The van der Waals surface area contributed by atoms with Crippen LogP contribution in [0, 0.1) is 11.1 Å². The van der Waals surface area contributed by atoms with Gasteiger partial charge in [-0.05, 0) is 43.7 Å². The summed E-state index contributed by atoms with van der Waals surface area (Å²) in [7, 11) is 0. The average Bonchev–Trinajstić information content (AvgIpc) is 3.18. The van der Waals surface area contributed by atoms with E-state index in [1.807, 2.05) is 6.92 Å². The van der Waals surface area contributed by atoms with E-state index in [1.165, 1.54) is 53.1 Å². The minimum Gasteiger partial charge on any atom is -0.618 e. The lowest BCUT2D eigenvalue weighted by molar-refractivity contribution is -0.577. The maximum Gasteiger partial charge on any atom is 0.422 e. The molecule has 250 valence electrons. The molecule has 2 atom stereocenters. The van der Waals surface area contributed by atoms with E-state index in [1.54, 1.807) is 43.3 Å². The van der Waals surface area contributed by atoms with Crippen molar-refractivity contribution in [1.82, 2.24) is 5.32 Å². The number of nitrogens with zero attached hydrogens (tertiary/aromatic N) is 3. The lowest BCUT2D eigenvalue weighted by Gasteiger charge is -2.27. The molecule has 0 aliphatic carbocycles. The van der Waals surface area contributed by atoms with Crippen molar-refractivity contribution in [2.45, 2.75) is 46.0 Å². The van der Waals surface area contributed by atoms with Crippen LogP contribution in [0.3, 0.4) is 0 Å². The third kappa shape index (κ3) is 7.09. The van der Waals surface area contributed by atoms with E-state index in [0.717, 1.165) is 6.20 Å². The van der Waals surface area contributed by atoms with Crippen molar-refractivity contribution in [3.63, 3.8) is 0 Å². The summed E-state index contributed by atoms with van der Waals surface area (Å²) in [6, 6.07) is 17.5. The van der Waals surface area contributed by atoms with Crippen LogP contribution in [-0.2, 0) is 16.1 Å². The number of halogens is 3. The van der Waals surface area contributed by atoms with Crippen molar-refractivity contribution >= 4 is 45.8 Å². The lowest BCUT2D eigenvalue weighted by atomic mass is 10.1. The lowest BCUT2D eigenvalue weighted by Crippen LogP contribution is -2.53. The summed E-state index contributed by atoms with van der Waals surface area (Å²) in [4.78, 5) is 56.2. The molecular formula is C35H33F3N4O6. The highest BCUT2D eigenvalue weighted by molar-refractivity contribution is 6.13. The summed E-state index contributed by atoms with van der Waals surface area (Å²) in [5.41, 5.74) is 1.41. The third-order valence-electron chi connectivity index (χ3n) is 8.26. The van der Waals surface area contributed by atoms with Gasteiger partial charge < -0.3 is 25.1 Å². The number of aromatic nitrogens is 1. The van der Waals surface area contributed by atoms with E-state index >= 15 is 0 Å². The van der Waals surface area contributed by atoms with Crippen molar-refractivity contribution in [3.05, 3.63) is 101 Å². The number of para-hydroxylation sites is 3. The molecule has 3 aromatic carbocycles. The molecular weight excluding hydrogens is 629 g/mol. The third-order valence-corrected chi connectivity index (χ3v) is 8.26. The number of anilines is 2. The normalized spacial score (nSPS) is 15.5. The molecule has 13 heteroatoms. The number of Topliss-reactive ketones (excluding diaryl/α,β-unsaturated/α-hetero) is 1. The summed E-state index contributed by atoms with van der Waals surface area (Å²) in [6.45, 7) is 2.60. The summed E-state index contributed by atoms with van der Waals surface area (Å²) < 4.78 is 45.4. The molecule has 4 aromatic rings. The Kier molecular flexibility index (Phi) is 9.69. The molecule has 1 aliphatic rings. The van der Waals surface area contributed by atoms with E-state index in [9.17, 15) is 37.6 Å². The van der Waals surface area contributed by atoms with E-state index in [2.05, 4.69) is 5.32 Å². The molecule has 0 bridgehead atoms. The van der Waals surface area contributed by atoms with Gasteiger partial charge in [0.25, 0.3) is 11.8 Å². The second-order valence-corrected chi connectivity index (χ2v) is 11.6. The number of alkyl halides is 3. The number of rotatable bonds is 9. The highest BCUT2D eigenvalue weighted by atomic mass is 19.4. The number of pyridine rings is 1. The Hall–Kier alpha value is -5.46. The monoisotopic (exact) mass is 662 g/mol. The first kappa shape index (κ1) is 33.9. The first-order chi connectivity index (χ1) is 22.8. The molecule has 1 aromatic heterocycles. The maximum absolute atomic E-state index is 14.5. The Balaban J connectivity index is 1.66. The number of amides is 3.